The summed E-state index contributed by atoms with van der Waals surface area (Å²) < 4.78 is 0. The molecule has 0 radical (unpaired) electrons. The summed E-state index contributed by atoms with van der Waals surface area (Å²) in [5.74, 6) is 1.01. The van der Waals surface area contributed by atoms with Crippen LogP contribution in [0.15, 0.2) is 18.3 Å². The number of aromatic nitrogens is 1. The number of aliphatic hydroxyl groups is 1. The minimum Gasteiger partial charge on any atom is -0.392 e. The predicted molar refractivity (Wildman–Crippen MR) is 70.0 cm³/mol. The van der Waals surface area contributed by atoms with Crippen LogP contribution in [0, 0.1) is 5.41 Å². The first-order valence-corrected chi connectivity index (χ1v) is 6.47. The van der Waals surface area contributed by atoms with Crippen molar-refractivity contribution in [2.45, 2.75) is 39.7 Å². The zero-order valence-corrected chi connectivity index (χ0v) is 10.8. The maximum Gasteiger partial charge on any atom is 0.128 e. The van der Waals surface area contributed by atoms with Gasteiger partial charge in [0, 0.05) is 19.3 Å². The van der Waals surface area contributed by atoms with E-state index in [2.05, 4.69) is 23.7 Å². The topological polar surface area (TPSA) is 36.4 Å². The highest BCUT2D eigenvalue weighted by molar-refractivity contribution is 5.41. The van der Waals surface area contributed by atoms with Crippen molar-refractivity contribution in [3.8, 4) is 0 Å². The summed E-state index contributed by atoms with van der Waals surface area (Å²) in [4.78, 5) is 6.73. The van der Waals surface area contributed by atoms with E-state index < -0.39 is 0 Å². The van der Waals surface area contributed by atoms with Crippen molar-refractivity contribution in [2.75, 3.05) is 18.0 Å². The highest BCUT2D eigenvalue weighted by atomic mass is 16.3. The first-order chi connectivity index (χ1) is 8.17. The van der Waals surface area contributed by atoms with E-state index in [0.29, 0.717) is 5.41 Å². The molecular weight excluding hydrogens is 212 g/mol. The van der Waals surface area contributed by atoms with Crippen molar-refractivity contribution in [1.29, 1.82) is 0 Å². The van der Waals surface area contributed by atoms with Crippen molar-refractivity contribution < 1.29 is 5.11 Å². The molecule has 1 aromatic rings. The fourth-order valence-electron chi connectivity index (χ4n) is 2.36. The Morgan fingerprint density at radius 3 is 2.71 bits per heavy atom. The Bertz CT molecular complexity index is 370. The van der Waals surface area contributed by atoms with Gasteiger partial charge in [0.1, 0.15) is 5.82 Å². The molecule has 0 atom stereocenters. The molecule has 0 unspecified atom stereocenters. The van der Waals surface area contributed by atoms with Gasteiger partial charge in [0.15, 0.2) is 0 Å². The van der Waals surface area contributed by atoms with Crippen LogP contribution in [0.3, 0.4) is 0 Å². The van der Waals surface area contributed by atoms with Crippen LogP contribution in [-0.4, -0.2) is 23.2 Å². The standard InChI is InChI=1S/C14H22N2O/c1-3-14(2)5-8-16(9-6-14)13-10-12(11-17)4-7-15-13/h4,7,10,17H,3,5-6,8-9,11H2,1-2H3. The summed E-state index contributed by atoms with van der Waals surface area (Å²) in [6.07, 6.45) is 5.50. The summed E-state index contributed by atoms with van der Waals surface area (Å²) in [5.41, 5.74) is 1.45. The molecule has 1 N–H and O–H groups in total. The van der Waals surface area contributed by atoms with Crippen LogP contribution in [0.25, 0.3) is 0 Å². The lowest BCUT2D eigenvalue weighted by Crippen LogP contribution is -2.38. The van der Waals surface area contributed by atoms with Crippen molar-refractivity contribution in [3.63, 3.8) is 0 Å². The lowest BCUT2D eigenvalue weighted by Gasteiger charge is -2.39. The molecule has 0 aromatic carbocycles. The zero-order valence-electron chi connectivity index (χ0n) is 10.8. The van der Waals surface area contributed by atoms with E-state index >= 15 is 0 Å². The molecule has 0 bridgehead atoms. The number of hydrogen-bond donors (Lipinski definition) is 1. The average molecular weight is 234 g/mol. The van der Waals surface area contributed by atoms with E-state index in [4.69, 9.17) is 5.11 Å². The van der Waals surface area contributed by atoms with Crippen LogP contribution >= 0.6 is 0 Å². The van der Waals surface area contributed by atoms with Crippen molar-refractivity contribution in [1.82, 2.24) is 4.98 Å². The molecule has 94 valence electrons. The van der Waals surface area contributed by atoms with E-state index in [-0.39, 0.29) is 6.61 Å². The Morgan fingerprint density at radius 1 is 1.41 bits per heavy atom. The van der Waals surface area contributed by atoms with Crippen LogP contribution in [0.2, 0.25) is 0 Å². The molecular formula is C14H22N2O. The molecule has 1 saturated heterocycles. The zero-order chi connectivity index (χ0) is 12.3. The van der Waals surface area contributed by atoms with Crippen molar-refractivity contribution in [2.24, 2.45) is 5.41 Å². The Kier molecular flexibility index (Phi) is 3.67. The first kappa shape index (κ1) is 12.4. The number of aliphatic hydroxyl groups excluding tert-OH is 1. The summed E-state index contributed by atoms with van der Waals surface area (Å²) in [5, 5.41) is 9.14. The Morgan fingerprint density at radius 2 is 2.12 bits per heavy atom. The quantitative estimate of drug-likeness (QED) is 0.873. The highest BCUT2D eigenvalue weighted by Crippen LogP contribution is 2.35. The van der Waals surface area contributed by atoms with Crippen molar-refractivity contribution in [3.05, 3.63) is 23.9 Å². The number of hydrogen-bond acceptors (Lipinski definition) is 3. The van der Waals surface area contributed by atoms with E-state index in [1.165, 1.54) is 19.3 Å². The SMILES string of the molecule is CCC1(C)CCN(c2cc(CO)ccn2)CC1. The predicted octanol–water partition coefficient (Wildman–Crippen LogP) is 2.59. The molecule has 0 spiro atoms. The Balaban J connectivity index is 2.05. The summed E-state index contributed by atoms with van der Waals surface area (Å²) >= 11 is 0. The molecule has 2 heterocycles. The van der Waals surface area contributed by atoms with Gasteiger partial charge in [-0.05, 0) is 36.0 Å². The van der Waals surface area contributed by atoms with Crippen LogP contribution in [-0.2, 0) is 6.61 Å². The number of anilines is 1. The fraction of sp³-hybridized carbons (Fsp3) is 0.643. The number of piperidine rings is 1. The maximum absolute atomic E-state index is 9.14. The van der Waals surface area contributed by atoms with Gasteiger partial charge in [-0.15, -0.1) is 0 Å². The maximum atomic E-state index is 9.14. The van der Waals surface area contributed by atoms with E-state index in [0.717, 1.165) is 24.5 Å². The second kappa shape index (κ2) is 5.05. The summed E-state index contributed by atoms with van der Waals surface area (Å²) in [6, 6.07) is 3.86. The van der Waals surface area contributed by atoms with Crippen LogP contribution in [0.5, 0.6) is 0 Å². The van der Waals surface area contributed by atoms with Gasteiger partial charge in [-0.1, -0.05) is 20.3 Å². The molecule has 1 aliphatic rings. The second-order valence-electron chi connectivity index (χ2n) is 5.33. The van der Waals surface area contributed by atoms with Gasteiger partial charge in [-0.3, -0.25) is 0 Å². The number of nitrogens with zero attached hydrogens (tertiary/aromatic N) is 2. The third kappa shape index (κ3) is 2.78. The normalized spacial score (nSPS) is 19.4. The molecule has 0 aliphatic carbocycles. The van der Waals surface area contributed by atoms with Crippen LogP contribution in [0.1, 0.15) is 38.7 Å². The molecule has 2 rings (SSSR count). The minimum atomic E-state index is 0.0933. The Labute approximate surface area is 103 Å². The smallest absolute Gasteiger partial charge is 0.128 e. The number of pyridine rings is 1. The molecule has 1 aliphatic heterocycles. The van der Waals surface area contributed by atoms with E-state index in [9.17, 15) is 0 Å². The molecule has 0 amide bonds. The average Bonchev–Trinajstić information content (AvgIpc) is 2.40. The fourth-order valence-corrected chi connectivity index (χ4v) is 2.36. The van der Waals surface area contributed by atoms with Crippen LogP contribution < -0.4 is 4.90 Å². The molecule has 3 nitrogen and oxygen atoms in total. The molecule has 1 fully saturated rings. The monoisotopic (exact) mass is 234 g/mol. The van der Waals surface area contributed by atoms with Gasteiger partial charge < -0.3 is 10.0 Å². The summed E-state index contributed by atoms with van der Waals surface area (Å²) in [6.45, 7) is 6.90. The molecule has 17 heavy (non-hydrogen) atoms. The van der Waals surface area contributed by atoms with Gasteiger partial charge in [-0.25, -0.2) is 4.98 Å². The van der Waals surface area contributed by atoms with E-state index in [1.54, 1.807) is 6.20 Å². The molecule has 0 saturated carbocycles. The highest BCUT2D eigenvalue weighted by Gasteiger charge is 2.28. The lowest BCUT2D eigenvalue weighted by molar-refractivity contribution is 0.237. The minimum absolute atomic E-state index is 0.0933. The summed E-state index contributed by atoms with van der Waals surface area (Å²) in [7, 11) is 0. The lowest BCUT2D eigenvalue weighted by atomic mass is 9.78. The molecule has 1 aromatic heterocycles. The first-order valence-electron chi connectivity index (χ1n) is 6.47. The Hall–Kier alpha value is -1.09. The van der Waals surface area contributed by atoms with Crippen molar-refractivity contribution >= 4 is 5.82 Å². The molecule has 3 heteroatoms. The van der Waals surface area contributed by atoms with Crippen LogP contribution in [0.4, 0.5) is 5.82 Å². The van der Waals surface area contributed by atoms with Gasteiger partial charge in [0.2, 0.25) is 0 Å². The number of rotatable bonds is 3. The van der Waals surface area contributed by atoms with Gasteiger partial charge in [0.25, 0.3) is 0 Å². The van der Waals surface area contributed by atoms with Gasteiger partial charge in [-0.2, -0.15) is 0 Å². The second-order valence-corrected chi connectivity index (χ2v) is 5.33. The van der Waals surface area contributed by atoms with E-state index in [1.807, 2.05) is 12.1 Å². The van der Waals surface area contributed by atoms with Gasteiger partial charge >= 0.3 is 0 Å². The third-order valence-electron chi connectivity index (χ3n) is 4.14. The largest absolute Gasteiger partial charge is 0.392 e. The third-order valence-corrected chi connectivity index (χ3v) is 4.14. The van der Waals surface area contributed by atoms with Gasteiger partial charge in [0.05, 0.1) is 6.61 Å².